The van der Waals surface area contributed by atoms with Gasteiger partial charge in [-0.15, -0.1) is 0 Å². The highest BCUT2D eigenvalue weighted by molar-refractivity contribution is 5.02. The van der Waals surface area contributed by atoms with Gasteiger partial charge in [0.15, 0.2) is 0 Å². The number of hydrogen-bond donors (Lipinski definition) is 2. The van der Waals surface area contributed by atoms with Gasteiger partial charge in [0, 0.05) is 24.5 Å². The molecule has 1 aromatic heterocycles. The number of aromatic nitrogens is 2. The summed E-state index contributed by atoms with van der Waals surface area (Å²) in [6, 6.07) is 2.37. The van der Waals surface area contributed by atoms with Crippen LogP contribution in [0.5, 0.6) is 0 Å². The van der Waals surface area contributed by atoms with E-state index in [0.29, 0.717) is 6.04 Å². The fraction of sp³-hybridized carbons (Fsp3) is 0.750. The van der Waals surface area contributed by atoms with Crippen molar-refractivity contribution in [1.82, 2.24) is 15.5 Å². The summed E-state index contributed by atoms with van der Waals surface area (Å²) in [5.74, 6) is 0. The first-order valence-corrected chi connectivity index (χ1v) is 5.81. The second-order valence-corrected chi connectivity index (χ2v) is 5.68. The van der Waals surface area contributed by atoms with Crippen LogP contribution < -0.4 is 5.32 Å². The molecule has 16 heavy (non-hydrogen) atoms. The maximum atomic E-state index is 6.03. The second-order valence-electron chi connectivity index (χ2n) is 5.68. The van der Waals surface area contributed by atoms with Crippen LogP contribution >= 0.6 is 0 Å². The van der Waals surface area contributed by atoms with E-state index in [4.69, 9.17) is 4.74 Å². The van der Waals surface area contributed by atoms with Crippen LogP contribution in [0.3, 0.4) is 0 Å². The van der Waals surface area contributed by atoms with E-state index in [9.17, 15) is 0 Å². The number of rotatable bonds is 3. The van der Waals surface area contributed by atoms with Gasteiger partial charge in [-0.2, -0.15) is 5.10 Å². The molecule has 1 atom stereocenters. The van der Waals surface area contributed by atoms with Gasteiger partial charge >= 0.3 is 0 Å². The second kappa shape index (κ2) is 3.86. The Morgan fingerprint density at radius 1 is 1.50 bits per heavy atom. The van der Waals surface area contributed by atoms with Gasteiger partial charge < -0.3 is 10.1 Å². The minimum atomic E-state index is -0.108. The van der Waals surface area contributed by atoms with E-state index in [1.165, 1.54) is 0 Å². The molecule has 1 fully saturated rings. The van der Waals surface area contributed by atoms with Crippen molar-refractivity contribution in [2.45, 2.75) is 57.9 Å². The molecule has 1 aromatic rings. The third kappa shape index (κ3) is 2.44. The van der Waals surface area contributed by atoms with E-state index in [-0.39, 0.29) is 11.2 Å². The van der Waals surface area contributed by atoms with E-state index in [2.05, 4.69) is 43.2 Å². The Bertz CT molecular complexity index is 343. The Morgan fingerprint density at radius 3 is 2.75 bits per heavy atom. The Kier molecular flexibility index (Phi) is 2.80. The van der Waals surface area contributed by atoms with Crippen molar-refractivity contribution >= 4 is 0 Å². The Labute approximate surface area is 96.8 Å². The topological polar surface area (TPSA) is 49.9 Å². The van der Waals surface area contributed by atoms with Gasteiger partial charge in [-0.25, -0.2) is 0 Å². The van der Waals surface area contributed by atoms with Crippen molar-refractivity contribution in [2.75, 3.05) is 0 Å². The van der Waals surface area contributed by atoms with E-state index < -0.39 is 0 Å². The van der Waals surface area contributed by atoms with Gasteiger partial charge in [-0.05, 0) is 40.2 Å². The fourth-order valence-corrected chi connectivity index (χ4v) is 2.50. The van der Waals surface area contributed by atoms with Crippen molar-refractivity contribution in [2.24, 2.45) is 0 Å². The SMILES string of the molecule is CC1(C)CC(NCc2ccn[nH]2)C(C)(C)O1. The van der Waals surface area contributed by atoms with Crippen LogP contribution in [0.15, 0.2) is 12.3 Å². The van der Waals surface area contributed by atoms with E-state index >= 15 is 0 Å². The molecule has 4 heteroatoms. The Morgan fingerprint density at radius 2 is 2.25 bits per heavy atom. The maximum Gasteiger partial charge on any atom is 0.0787 e. The number of aromatic amines is 1. The molecule has 0 radical (unpaired) electrons. The third-order valence-corrected chi connectivity index (χ3v) is 3.17. The number of nitrogens with zero attached hydrogens (tertiary/aromatic N) is 1. The third-order valence-electron chi connectivity index (χ3n) is 3.17. The zero-order valence-electron chi connectivity index (χ0n) is 10.5. The summed E-state index contributed by atoms with van der Waals surface area (Å²) in [6.45, 7) is 9.39. The molecular weight excluding hydrogens is 202 g/mol. The normalized spacial score (nSPS) is 27.1. The number of H-pyrrole nitrogens is 1. The number of nitrogens with one attached hydrogen (secondary N) is 2. The molecule has 0 aromatic carbocycles. The predicted octanol–water partition coefficient (Wildman–Crippen LogP) is 1.85. The van der Waals surface area contributed by atoms with Gasteiger partial charge in [0.1, 0.15) is 0 Å². The van der Waals surface area contributed by atoms with Gasteiger partial charge in [0.05, 0.1) is 11.2 Å². The first-order valence-electron chi connectivity index (χ1n) is 5.81. The minimum Gasteiger partial charge on any atom is -0.368 e. The van der Waals surface area contributed by atoms with Crippen molar-refractivity contribution < 1.29 is 4.74 Å². The molecule has 4 nitrogen and oxygen atoms in total. The van der Waals surface area contributed by atoms with E-state index in [0.717, 1.165) is 18.7 Å². The molecule has 90 valence electrons. The van der Waals surface area contributed by atoms with Crippen molar-refractivity contribution in [3.05, 3.63) is 18.0 Å². The summed E-state index contributed by atoms with van der Waals surface area (Å²) < 4.78 is 6.03. The van der Waals surface area contributed by atoms with Crippen molar-refractivity contribution in [3.63, 3.8) is 0 Å². The molecule has 2 N–H and O–H groups in total. The smallest absolute Gasteiger partial charge is 0.0787 e. The lowest BCUT2D eigenvalue weighted by molar-refractivity contribution is -0.0699. The lowest BCUT2D eigenvalue weighted by atomic mass is 9.94. The summed E-state index contributed by atoms with van der Waals surface area (Å²) in [7, 11) is 0. The predicted molar refractivity (Wildman–Crippen MR) is 63.1 cm³/mol. The molecule has 1 unspecified atom stereocenters. The molecule has 2 rings (SSSR count). The highest BCUT2D eigenvalue weighted by Gasteiger charge is 2.45. The molecule has 0 amide bonds. The fourth-order valence-electron chi connectivity index (χ4n) is 2.50. The average molecular weight is 223 g/mol. The Balaban J connectivity index is 1.95. The van der Waals surface area contributed by atoms with Gasteiger partial charge in [0.25, 0.3) is 0 Å². The molecule has 1 aliphatic rings. The summed E-state index contributed by atoms with van der Waals surface area (Å²) in [5.41, 5.74) is 0.971. The summed E-state index contributed by atoms with van der Waals surface area (Å²) in [6.07, 6.45) is 2.81. The number of hydrogen-bond acceptors (Lipinski definition) is 3. The summed E-state index contributed by atoms with van der Waals surface area (Å²) >= 11 is 0. The van der Waals surface area contributed by atoms with E-state index in [1.807, 2.05) is 6.07 Å². The van der Waals surface area contributed by atoms with Crippen LogP contribution in [0.2, 0.25) is 0 Å². The summed E-state index contributed by atoms with van der Waals surface area (Å²) in [4.78, 5) is 0. The molecule has 2 heterocycles. The van der Waals surface area contributed by atoms with Crippen LogP contribution in [0.25, 0.3) is 0 Å². The first kappa shape index (κ1) is 11.6. The lowest BCUT2D eigenvalue weighted by Crippen LogP contribution is -2.43. The standard InChI is InChI=1S/C12H21N3O/c1-11(2)7-10(12(3,4)16-11)13-8-9-5-6-14-15-9/h5-6,10,13H,7-8H2,1-4H3,(H,14,15). The zero-order chi connectivity index (χ0) is 11.8. The van der Waals surface area contributed by atoms with Crippen LogP contribution in [-0.2, 0) is 11.3 Å². The average Bonchev–Trinajstić information content (AvgIpc) is 2.67. The molecule has 0 spiro atoms. The Hall–Kier alpha value is -0.870. The molecule has 0 saturated carbocycles. The van der Waals surface area contributed by atoms with Crippen LogP contribution in [0, 0.1) is 0 Å². The summed E-state index contributed by atoms with van der Waals surface area (Å²) in [5, 5.41) is 10.4. The molecule has 1 aliphatic heterocycles. The highest BCUT2D eigenvalue weighted by Crippen LogP contribution is 2.37. The molecule has 0 bridgehead atoms. The van der Waals surface area contributed by atoms with Crippen LogP contribution in [0.1, 0.15) is 39.8 Å². The maximum absolute atomic E-state index is 6.03. The van der Waals surface area contributed by atoms with Gasteiger partial charge in [-0.1, -0.05) is 0 Å². The van der Waals surface area contributed by atoms with Gasteiger partial charge in [0.2, 0.25) is 0 Å². The van der Waals surface area contributed by atoms with E-state index in [1.54, 1.807) is 6.20 Å². The van der Waals surface area contributed by atoms with Crippen molar-refractivity contribution in [1.29, 1.82) is 0 Å². The molecule has 0 aliphatic carbocycles. The first-order chi connectivity index (χ1) is 7.39. The lowest BCUT2D eigenvalue weighted by Gasteiger charge is -2.27. The quantitative estimate of drug-likeness (QED) is 0.822. The van der Waals surface area contributed by atoms with Crippen molar-refractivity contribution in [3.8, 4) is 0 Å². The zero-order valence-corrected chi connectivity index (χ0v) is 10.5. The molecular formula is C12H21N3O. The molecule has 1 saturated heterocycles. The largest absolute Gasteiger partial charge is 0.368 e. The van der Waals surface area contributed by atoms with Crippen LogP contribution in [0.4, 0.5) is 0 Å². The monoisotopic (exact) mass is 223 g/mol. The minimum absolute atomic E-state index is 0.0326. The van der Waals surface area contributed by atoms with Crippen LogP contribution in [-0.4, -0.2) is 27.4 Å². The highest BCUT2D eigenvalue weighted by atomic mass is 16.5. The van der Waals surface area contributed by atoms with Gasteiger partial charge in [-0.3, -0.25) is 5.10 Å². The number of ether oxygens (including phenoxy) is 1.